The van der Waals surface area contributed by atoms with Crippen molar-refractivity contribution in [2.75, 3.05) is 27.2 Å². The van der Waals surface area contributed by atoms with Gasteiger partial charge in [0.15, 0.2) is 0 Å². The molecule has 0 atom stereocenters. The van der Waals surface area contributed by atoms with Gasteiger partial charge in [-0.05, 0) is 38.4 Å². The van der Waals surface area contributed by atoms with Crippen molar-refractivity contribution in [3.05, 3.63) is 64.4 Å². The molecular formula is C18H19ClF4N2O2S. The molecule has 0 fully saturated rings. The lowest BCUT2D eigenvalue weighted by molar-refractivity contribution is -0.137. The van der Waals surface area contributed by atoms with Gasteiger partial charge < -0.3 is 4.90 Å². The zero-order valence-corrected chi connectivity index (χ0v) is 16.7. The standard InChI is InChI=1S/C18H19ClF4N2O2S/c1-24(2)9-10-25(12-13-5-3-4-6-16(13)20)28(26,27)17-11-14(18(21,22)23)7-8-15(17)19/h3-8,11H,9-10,12H2,1-2H3. The summed E-state index contributed by atoms with van der Waals surface area (Å²) in [6, 6.07) is 7.71. The van der Waals surface area contributed by atoms with Crippen LogP contribution in [0.3, 0.4) is 0 Å². The van der Waals surface area contributed by atoms with Gasteiger partial charge in [0, 0.05) is 25.2 Å². The molecule has 0 unspecified atom stereocenters. The van der Waals surface area contributed by atoms with Gasteiger partial charge in [0.1, 0.15) is 10.7 Å². The first-order valence-corrected chi connectivity index (χ1v) is 10.00. The predicted molar refractivity (Wildman–Crippen MR) is 99.0 cm³/mol. The second-order valence-corrected chi connectivity index (χ2v) is 8.69. The van der Waals surface area contributed by atoms with Crippen LogP contribution in [0.1, 0.15) is 11.1 Å². The zero-order valence-electron chi connectivity index (χ0n) is 15.2. The molecule has 0 aliphatic rings. The highest BCUT2D eigenvalue weighted by Gasteiger charge is 2.34. The first kappa shape index (κ1) is 22.6. The lowest BCUT2D eigenvalue weighted by Gasteiger charge is -2.25. The molecule has 0 aliphatic carbocycles. The van der Waals surface area contributed by atoms with Gasteiger partial charge in [0.2, 0.25) is 10.0 Å². The molecule has 10 heteroatoms. The summed E-state index contributed by atoms with van der Waals surface area (Å²) in [7, 11) is -0.990. The number of likely N-dealkylation sites (N-methyl/N-ethyl adjacent to an activating group) is 1. The Balaban J connectivity index is 2.50. The van der Waals surface area contributed by atoms with Gasteiger partial charge in [-0.15, -0.1) is 0 Å². The van der Waals surface area contributed by atoms with E-state index in [0.29, 0.717) is 12.1 Å². The highest BCUT2D eigenvalue weighted by atomic mass is 35.5. The van der Waals surface area contributed by atoms with Crippen LogP contribution >= 0.6 is 11.6 Å². The molecule has 0 radical (unpaired) electrons. The normalized spacial score (nSPS) is 12.8. The molecule has 0 aromatic heterocycles. The maximum Gasteiger partial charge on any atom is 0.416 e. The number of hydrogen-bond donors (Lipinski definition) is 0. The van der Waals surface area contributed by atoms with E-state index in [1.54, 1.807) is 25.1 Å². The molecule has 0 amide bonds. The first-order valence-electron chi connectivity index (χ1n) is 8.18. The van der Waals surface area contributed by atoms with E-state index < -0.39 is 32.5 Å². The van der Waals surface area contributed by atoms with Crippen molar-refractivity contribution in [3.8, 4) is 0 Å². The van der Waals surface area contributed by atoms with E-state index in [2.05, 4.69) is 0 Å². The second-order valence-electron chi connectivity index (χ2n) is 6.38. The van der Waals surface area contributed by atoms with Gasteiger partial charge >= 0.3 is 6.18 Å². The van der Waals surface area contributed by atoms with E-state index in [0.717, 1.165) is 10.4 Å². The highest BCUT2D eigenvalue weighted by molar-refractivity contribution is 7.89. The summed E-state index contributed by atoms with van der Waals surface area (Å²) >= 11 is 5.91. The number of sulfonamides is 1. The lowest BCUT2D eigenvalue weighted by Crippen LogP contribution is -2.36. The van der Waals surface area contributed by atoms with Crippen molar-refractivity contribution in [2.24, 2.45) is 0 Å². The fourth-order valence-electron chi connectivity index (χ4n) is 2.43. The fourth-order valence-corrected chi connectivity index (χ4v) is 4.34. The minimum absolute atomic E-state index is 0.0593. The van der Waals surface area contributed by atoms with Crippen LogP contribution in [0.4, 0.5) is 17.6 Å². The maximum atomic E-state index is 14.0. The van der Waals surface area contributed by atoms with Crippen LogP contribution in [-0.2, 0) is 22.7 Å². The van der Waals surface area contributed by atoms with E-state index in [9.17, 15) is 26.0 Å². The largest absolute Gasteiger partial charge is 0.416 e. The molecule has 0 heterocycles. The van der Waals surface area contributed by atoms with Gasteiger partial charge in [0.05, 0.1) is 10.6 Å². The smallest absolute Gasteiger partial charge is 0.308 e. The summed E-state index contributed by atoms with van der Waals surface area (Å²) in [4.78, 5) is 1.04. The summed E-state index contributed by atoms with van der Waals surface area (Å²) in [6.45, 7) is -0.115. The van der Waals surface area contributed by atoms with Crippen LogP contribution < -0.4 is 0 Å². The average molecular weight is 439 g/mol. The summed E-state index contributed by atoms with van der Waals surface area (Å²) in [5, 5.41) is -0.337. The fraction of sp³-hybridized carbons (Fsp3) is 0.333. The van der Waals surface area contributed by atoms with Crippen LogP contribution in [0, 0.1) is 5.82 Å². The van der Waals surface area contributed by atoms with E-state index >= 15 is 0 Å². The molecule has 2 aromatic rings. The van der Waals surface area contributed by atoms with Crippen molar-refractivity contribution in [2.45, 2.75) is 17.6 Å². The lowest BCUT2D eigenvalue weighted by atomic mass is 10.2. The van der Waals surface area contributed by atoms with Crippen molar-refractivity contribution < 1.29 is 26.0 Å². The summed E-state index contributed by atoms with van der Waals surface area (Å²) < 4.78 is 80.2. The monoisotopic (exact) mass is 438 g/mol. The molecule has 154 valence electrons. The van der Waals surface area contributed by atoms with E-state index in [-0.39, 0.29) is 30.2 Å². The van der Waals surface area contributed by atoms with Crippen LogP contribution in [0.2, 0.25) is 5.02 Å². The minimum Gasteiger partial charge on any atom is -0.308 e. The predicted octanol–water partition coefficient (Wildman–Crippen LogP) is 4.25. The van der Waals surface area contributed by atoms with E-state index in [4.69, 9.17) is 11.6 Å². The number of halogens is 5. The van der Waals surface area contributed by atoms with Crippen LogP contribution in [-0.4, -0.2) is 44.8 Å². The zero-order chi connectivity index (χ0) is 21.1. The summed E-state index contributed by atoms with van der Waals surface area (Å²) in [5.41, 5.74) is -1.03. The van der Waals surface area contributed by atoms with E-state index in [1.165, 1.54) is 18.2 Å². The van der Waals surface area contributed by atoms with Crippen molar-refractivity contribution >= 4 is 21.6 Å². The van der Waals surface area contributed by atoms with Gasteiger partial charge in [-0.2, -0.15) is 17.5 Å². The van der Waals surface area contributed by atoms with Gasteiger partial charge in [0.25, 0.3) is 0 Å². The summed E-state index contributed by atoms with van der Waals surface area (Å²) in [5.74, 6) is -0.609. The average Bonchev–Trinajstić information content (AvgIpc) is 2.58. The van der Waals surface area contributed by atoms with E-state index in [1.807, 2.05) is 0 Å². The molecule has 4 nitrogen and oxygen atoms in total. The van der Waals surface area contributed by atoms with Gasteiger partial charge in [-0.3, -0.25) is 0 Å². The molecule has 28 heavy (non-hydrogen) atoms. The molecular weight excluding hydrogens is 420 g/mol. The molecule has 0 aliphatic heterocycles. The number of rotatable bonds is 7. The minimum atomic E-state index is -4.73. The topological polar surface area (TPSA) is 40.6 Å². The number of alkyl halides is 3. The third-order valence-corrected chi connectivity index (χ3v) is 6.30. The van der Waals surface area contributed by atoms with Crippen molar-refractivity contribution in [1.82, 2.24) is 9.21 Å². The maximum absolute atomic E-state index is 14.0. The molecule has 0 N–H and O–H groups in total. The first-order chi connectivity index (χ1) is 12.9. The Labute approximate surface area is 166 Å². The van der Waals surface area contributed by atoms with Gasteiger partial charge in [-0.1, -0.05) is 29.8 Å². The van der Waals surface area contributed by atoms with Gasteiger partial charge in [-0.25, -0.2) is 12.8 Å². The number of nitrogens with zero attached hydrogens (tertiary/aromatic N) is 2. The third-order valence-electron chi connectivity index (χ3n) is 3.98. The Morgan fingerprint density at radius 3 is 2.25 bits per heavy atom. The molecule has 2 rings (SSSR count). The Morgan fingerprint density at radius 1 is 1.04 bits per heavy atom. The molecule has 0 saturated heterocycles. The van der Waals surface area contributed by atoms with Crippen molar-refractivity contribution in [3.63, 3.8) is 0 Å². The highest BCUT2D eigenvalue weighted by Crippen LogP contribution is 2.34. The Morgan fingerprint density at radius 2 is 1.68 bits per heavy atom. The molecule has 0 bridgehead atoms. The molecule has 0 spiro atoms. The SMILES string of the molecule is CN(C)CCN(Cc1ccccc1F)S(=O)(=O)c1cc(C(F)(F)F)ccc1Cl. The quantitative estimate of drug-likeness (QED) is 0.607. The Bertz CT molecular complexity index is 933. The number of hydrogen-bond acceptors (Lipinski definition) is 3. The summed E-state index contributed by atoms with van der Waals surface area (Å²) in [6.07, 6.45) is -4.73. The Hall–Kier alpha value is -1.68. The van der Waals surface area contributed by atoms with Crippen LogP contribution in [0.25, 0.3) is 0 Å². The third kappa shape index (κ3) is 5.44. The second kappa shape index (κ2) is 8.77. The van der Waals surface area contributed by atoms with Crippen LogP contribution in [0.5, 0.6) is 0 Å². The van der Waals surface area contributed by atoms with Crippen molar-refractivity contribution in [1.29, 1.82) is 0 Å². The molecule has 2 aromatic carbocycles. The van der Waals surface area contributed by atoms with Crippen LogP contribution in [0.15, 0.2) is 47.4 Å². The number of benzene rings is 2. The molecule has 0 saturated carbocycles. The Kier molecular flexibility index (Phi) is 7.08.